The molecule has 2 rings (SSSR count). The molecule has 2 nitrogen and oxygen atoms in total. The Bertz CT molecular complexity index is 393. The van der Waals surface area contributed by atoms with Crippen LogP contribution in [0.5, 0.6) is 0 Å². The van der Waals surface area contributed by atoms with Gasteiger partial charge in [0.25, 0.3) is 0 Å². The molecule has 0 aliphatic heterocycles. The minimum atomic E-state index is -0.602. The van der Waals surface area contributed by atoms with E-state index in [1.54, 1.807) is 23.7 Å². The molecule has 1 atom stereocenters. The lowest BCUT2D eigenvalue weighted by Gasteiger charge is -2.08. The van der Waals surface area contributed by atoms with Gasteiger partial charge < -0.3 is 9.52 Å². The van der Waals surface area contributed by atoms with Crippen molar-refractivity contribution in [2.24, 2.45) is 0 Å². The lowest BCUT2D eigenvalue weighted by Crippen LogP contribution is -1.98. The predicted molar refractivity (Wildman–Crippen MR) is 59.5 cm³/mol. The second-order valence-corrected chi connectivity index (χ2v) is 4.82. The van der Waals surface area contributed by atoms with Gasteiger partial charge in [-0.15, -0.1) is 11.3 Å². The highest BCUT2D eigenvalue weighted by Gasteiger charge is 2.17. The lowest BCUT2D eigenvalue weighted by molar-refractivity contribution is 0.218. The van der Waals surface area contributed by atoms with Crippen LogP contribution in [-0.4, -0.2) is 5.11 Å². The van der Waals surface area contributed by atoms with Crippen molar-refractivity contribution in [3.05, 3.63) is 44.4 Å². The molecule has 0 saturated carbocycles. The fraction of sp³-hybridized carbons (Fsp3) is 0.200. The van der Waals surface area contributed by atoms with Crippen LogP contribution in [0.4, 0.5) is 0 Å². The number of aliphatic hydroxyl groups excluding tert-OH is 1. The van der Waals surface area contributed by atoms with Gasteiger partial charge in [-0.2, -0.15) is 0 Å². The summed E-state index contributed by atoms with van der Waals surface area (Å²) in [4.78, 5) is 1.13. The molecule has 0 aromatic carbocycles. The van der Waals surface area contributed by atoms with E-state index in [4.69, 9.17) is 4.42 Å². The molecule has 0 radical (unpaired) electrons. The standard InChI is InChI=1S/C10H9BrO2S/c1-6-7(3-5-14-6)9(12)8-2-4-13-10(8)11/h2-5,9,12H,1H3. The average molecular weight is 273 g/mol. The summed E-state index contributed by atoms with van der Waals surface area (Å²) in [5.74, 6) is 0. The highest BCUT2D eigenvalue weighted by atomic mass is 79.9. The molecule has 74 valence electrons. The Morgan fingerprint density at radius 1 is 1.43 bits per heavy atom. The molecule has 4 heteroatoms. The summed E-state index contributed by atoms with van der Waals surface area (Å²) in [6.45, 7) is 2.00. The van der Waals surface area contributed by atoms with Crippen LogP contribution in [0, 0.1) is 6.92 Å². The zero-order valence-electron chi connectivity index (χ0n) is 7.53. The summed E-state index contributed by atoms with van der Waals surface area (Å²) in [7, 11) is 0. The molecule has 1 N–H and O–H groups in total. The number of halogens is 1. The Balaban J connectivity index is 2.38. The highest BCUT2D eigenvalue weighted by molar-refractivity contribution is 9.10. The van der Waals surface area contributed by atoms with Gasteiger partial charge in [0.1, 0.15) is 6.10 Å². The number of aliphatic hydroxyl groups is 1. The van der Waals surface area contributed by atoms with Crippen molar-refractivity contribution < 1.29 is 9.52 Å². The third-order valence-corrected chi connectivity index (χ3v) is 3.64. The molecule has 0 amide bonds. The van der Waals surface area contributed by atoms with Gasteiger partial charge in [-0.25, -0.2) is 0 Å². The van der Waals surface area contributed by atoms with E-state index in [0.29, 0.717) is 4.67 Å². The number of aryl methyl sites for hydroxylation is 1. The zero-order valence-corrected chi connectivity index (χ0v) is 9.93. The van der Waals surface area contributed by atoms with E-state index in [9.17, 15) is 5.11 Å². The van der Waals surface area contributed by atoms with Gasteiger partial charge in [-0.05, 0) is 45.9 Å². The third kappa shape index (κ3) is 1.65. The van der Waals surface area contributed by atoms with E-state index < -0.39 is 6.10 Å². The van der Waals surface area contributed by atoms with E-state index in [-0.39, 0.29) is 0 Å². The van der Waals surface area contributed by atoms with Gasteiger partial charge in [0.05, 0.1) is 6.26 Å². The van der Waals surface area contributed by atoms with Gasteiger partial charge >= 0.3 is 0 Å². The van der Waals surface area contributed by atoms with Crippen LogP contribution in [0.2, 0.25) is 0 Å². The van der Waals surface area contributed by atoms with Gasteiger partial charge in [-0.3, -0.25) is 0 Å². The topological polar surface area (TPSA) is 33.4 Å². The van der Waals surface area contributed by atoms with E-state index in [1.807, 2.05) is 18.4 Å². The fourth-order valence-corrected chi connectivity index (χ4v) is 2.54. The molecule has 0 fully saturated rings. The number of rotatable bonds is 2. The molecule has 0 spiro atoms. The molecule has 14 heavy (non-hydrogen) atoms. The Labute approximate surface area is 94.3 Å². The maximum Gasteiger partial charge on any atom is 0.175 e. The molecule has 0 aliphatic carbocycles. The first-order chi connectivity index (χ1) is 6.70. The molecule has 2 heterocycles. The minimum absolute atomic E-state index is 0.593. The van der Waals surface area contributed by atoms with Crippen LogP contribution in [-0.2, 0) is 0 Å². The van der Waals surface area contributed by atoms with E-state index in [0.717, 1.165) is 16.0 Å². The monoisotopic (exact) mass is 272 g/mol. The summed E-state index contributed by atoms with van der Waals surface area (Å²) in [6, 6.07) is 3.70. The highest BCUT2D eigenvalue weighted by Crippen LogP contribution is 2.32. The summed E-state index contributed by atoms with van der Waals surface area (Å²) >= 11 is 4.88. The number of furan rings is 1. The second kappa shape index (κ2) is 3.88. The van der Waals surface area contributed by atoms with Crippen molar-refractivity contribution in [1.82, 2.24) is 0 Å². The first kappa shape index (κ1) is 9.96. The van der Waals surface area contributed by atoms with E-state index in [2.05, 4.69) is 15.9 Å². The SMILES string of the molecule is Cc1sccc1C(O)c1ccoc1Br. The molecule has 2 aromatic rings. The van der Waals surface area contributed by atoms with Crippen LogP contribution in [0.15, 0.2) is 32.9 Å². The van der Waals surface area contributed by atoms with Gasteiger partial charge in [0.2, 0.25) is 0 Å². The number of hydrogen-bond donors (Lipinski definition) is 1. The lowest BCUT2D eigenvalue weighted by atomic mass is 10.1. The third-order valence-electron chi connectivity index (χ3n) is 2.13. The molecule has 0 bridgehead atoms. The molecule has 2 aromatic heterocycles. The Morgan fingerprint density at radius 3 is 2.71 bits per heavy atom. The summed E-state index contributed by atoms with van der Waals surface area (Å²) in [5, 5.41) is 12.0. The van der Waals surface area contributed by atoms with Crippen LogP contribution < -0.4 is 0 Å². The van der Waals surface area contributed by atoms with Crippen molar-refractivity contribution in [1.29, 1.82) is 0 Å². The first-order valence-electron chi connectivity index (χ1n) is 4.15. The Hall–Kier alpha value is -0.580. The Kier molecular flexibility index (Phi) is 2.76. The second-order valence-electron chi connectivity index (χ2n) is 2.98. The van der Waals surface area contributed by atoms with Crippen molar-refractivity contribution >= 4 is 27.3 Å². The van der Waals surface area contributed by atoms with E-state index >= 15 is 0 Å². The molecule has 1 unspecified atom stereocenters. The van der Waals surface area contributed by atoms with Gasteiger partial charge in [0.15, 0.2) is 4.67 Å². The van der Waals surface area contributed by atoms with Crippen molar-refractivity contribution in [2.75, 3.05) is 0 Å². The minimum Gasteiger partial charge on any atom is -0.457 e. The molecular weight excluding hydrogens is 264 g/mol. The number of hydrogen-bond acceptors (Lipinski definition) is 3. The van der Waals surface area contributed by atoms with Crippen molar-refractivity contribution in [3.63, 3.8) is 0 Å². The first-order valence-corrected chi connectivity index (χ1v) is 5.82. The van der Waals surface area contributed by atoms with E-state index in [1.165, 1.54) is 0 Å². The summed E-state index contributed by atoms with van der Waals surface area (Å²) < 4.78 is 5.68. The van der Waals surface area contributed by atoms with Crippen molar-refractivity contribution in [2.45, 2.75) is 13.0 Å². The average Bonchev–Trinajstić information content (AvgIpc) is 2.73. The fourth-order valence-electron chi connectivity index (χ4n) is 1.35. The Morgan fingerprint density at radius 2 is 2.21 bits per heavy atom. The van der Waals surface area contributed by atoms with Crippen molar-refractivity contribution in [3.8, 4) is 0 Å². The smallest absolute Gasteiger partial charge is 0.175 e. The summed E-state index contributed by atoms with van der Waals surface area (Å²) in [6.07, 6.45) is 0.957. The van der Waals surface area contributed by atoms with Crippen LogP contribution in [0.3, 0.4) is 0 Å². The predicted octanol–water partition coefficient (Wildman–Crippen LogP) is 3.49. The summed E-state index contributed by atoms with van der Waals surface area (Å²) in [5.41, 5.74) is 1.71. The van der Waals surface area contributed by atoms with Crippen LogP contribution in [0.1, 0.15) is 22.1 Å². The van der Waals surface area contributed by atoms with Crippen LogP contribution >= 0.6 is 27.3 Å². The van der Waals surface area contributed by atoms with Gasteiger partial charge in [-0.1, -0.05) is 0 Å². The van der Waals surface area contributed by atoms with Crippen LogP contribution in [0.25, 0.3) is 0 Å². The maximum atomic E-state index is 10.0. The van der Waals surface area contributed by atoms with Gasteiger partial charge in [0, 0.05) is 10.4 Å². The normalized spacial score (nSPS) is 13.1. The number of thiophene rings is 1. The molecule has 0 saturated heterocycles. The quantitative estimate of drug-likeness (QED) is 0.908. The largest absolute Gasteiger partial charge is 0.457 e. The zero-order chi connectivity index (χ0) is 10.1. The molecular formula is C10H9BrO2S. The maximum absolute atomic E-state index is 10.0. The molecule has 0 aliphatic rings.